The van der Waals surface area contributed by atoms with Gasteiger partial charge in [0.1, 0.15) is 11.3 Å². The first-order valence-electron chi connectivity index (χ1n) is 7.18. The van der Waals surface area contributed by atoms with Crippen molar-refractivity contribution < 1.29 is 9.53 Å². The van der Waals surface area contributed by atoms with E-state index < -0.39 is 0 Å². The maximum absolute atomic E-state index is 12.2. The first-order chi connectivity index (χ1) is 11.2. The lowest BCUT2D eigenvalue weighted by Gasteiger charge is -2.01. The number of hydrogen-bond acceptors (Lipinski definition) is 4. The third-order valence-corrected chi connectivity index (χ3v) is 4.39. The summed E-state index contributed by atoms with van der Waals surface area (Å²) in [6, 6.07) is 12.9. The molecule has 23 heavy (non-hydrogen) atoms. The summed E-state index contributed by atoms with van der Waals surface area (Å²) in [4.78, 5) is 16.6. The lowest BCUT2D eigenvalue weighted by atomic mass is 10.2. The maximum Gasteiger partial charge on any atom is 0.257 e. The standard InChI is InChI=1S/C15H11BrN2O2S.C2H6/c1-20-11-3-2-4-12-13(11)17-15(21-12)18-14(19)9-5-7-10(16)8-6-9;1-2/h2-8H,1H3,(H,17,18,19);1-2H3. The number of methoxy groups -OCH3 is 1. The lowest BCUT2D eigenvalue weighted by Crippen LogP contribution is -2.11. The van der Waals surface area contributed by atoms with E-state index in [0.29, 0.717) is 16.4 Å². The quantitative estimate of drug-likeness (QED) is 0.653. The fraction of sp³-hybridized carbons (Fsp3) is 0.176. The number of nitrogens with one attached hydrogen (secondary N) is 1. The van der Waals surface area contributed by atoms with Gasteiger partial charge in [-0.15, -0.1) is 0 Å². The van der Waals surface area contributed by atoms with E-state index >= 15 is 0 Å². The molecule has 0 fully saturated rings. The van der Waals surface area contributed by atoms with Crippen LogP contribution in [0, 0.1) is 0 Å². The minimum atomic E-state index is -0.180. The predicted molar refractivity (Wildman–Crippen MR) is 99.6 cm³/mol. The molecule has 0 unspecified atom stereocenters. The number of fused-ring (bicyclic) bond motifs is 1. The molecule has 0 saturated carbocycles. The summed E-state index contributed by atoms with van der Waals surface area (Å²) >= 11 is 4.77. The fourth-order valence-corrected chi connectivity index (χ4v) is 3.05. The van der Waals surface area contributed by atoms with Crippen LogP contribution in [0.15, 0.2) is 46.9 Å². The van der Waals surface area contributed by atoms with Crippen molar-refractivity contribution >= 4 is 48.5 Å². The van der Waals surface area contributed by atoms with Gasteiger partial charge in [0.2, 0.25) is 0 Å². The van der Waals surface area contributed by atoms with Gasteiger partial charge < -0.3 is 4.74 Å². The highest BCUT2D eigenvalue weighted by molar-refractivity contribution is 9.10. The summed E-state index contributed by atoms with van der Waals surface area (Å²) in [5.41, 5.74) is 1.35. The number of amides is 1. The van der Waals surface area contributed by atoms with Crippen molar-refractivity contribution in [1.29, 1.82) is 0 Å². The van der Waals surface area contributed by atoms with Gasteiger partial charge in [0.15, 0.2) is 5.13 Å². The SMILES string of the molecule is CC.COc1cccc2sc(NC(=O)c3ccc(Br)cc3)nc12. The van der Waals surface area contributed by atoms with Crippen LogP contribution in [0.4, 0.5) is 5.13 Å². The van der Waals surface area contributed by atoms with Gasteiger partial charge in [-0.2, -0.15) is 0 Å². The Labute approximate surface area is 147 Å². The van der Waals surface area contributed by atoms with Crippen LogP contribution in [0.25, 0.3) is 10.2 Å². The number of nitrogens with zero attached hydrogens (tertiary/aromatic N) is 1. The van der Waals surface area contributed by atoms with E-state index in [1.165, 1.54) is 11.3 Å². The van der Waals surface area contributed by atoms with Crippen molar-refractivity contribution in [2.75, 3.05) is 12.4 Å². The summed E-state index contributed by atoms with van der Waals surface area (Å²) in [5, 5.41) is 3.37. The van der Waals surface area contributed by atoms with Crippen LogP contribution in [0.1, 0.15) is 24.2 Å². The van der Waals surface area contributed by atoms with E-state index in [-0.39, 0.29) is 5.91 Å². The Morgan fingerprint density at radius 1 is 1.17 bits per heavy atom. The number of hydrogen-bond donors (Lipinski definition) is 1. The number of aromatic nitrogens is 1. The number of carbonyl (C=O) groups excluding carboxylic acids is 1. The molecule has 0 radical (unpaired) electrons. The van der Waals surface area contributed by atoms with E-state index in [9.17, 15) is 4.79 Å². The predicted octanol–water partition coefficient (Wildman–Crippen LogP) is 5.35. The van der Waals surface area contributed by atoms with Crippen molar-refractivity contribution in [3.05, 3.63) is 52.5 Å². The first kappa shape index (κ1) is 17.4. The Morgan fingerprint density at radius 3 is 2.52 bits per heavy atom. The number of para-hydroxylation sites is 1. The van der Waals surface area contributed by atoms with Crippen molar-refractivity contribution in [2.45, 2.75) is 13.8 Å². The second kappa shape index (κ2) is 8.08. The molecule has 1 N–H and O–H groups in total. The number of rotatable bonds is 3. The minimum absolute atomic E-state index is 0.180. The zero-order valence-electron chi connectivity index (χ0n) is 13.1. The summed E-state index contributed by atoms with van der Waals surface area (Å²) in [7, 11) is 1.61. The Hall–Kier alpha value is -1.92. The molecule has 0 aliphatic carbocycles. The maximum atomic E-state index is 12.2. The van der Waals surface area contributed by atoms with Gasteiger partial charge in [-0.3, -0.25) is 10.1 Å². The molecule has 4 nitrogen and oxygen atoms in total. The number of thiazole rings is 1. The molecule has 120 valence electrons. The third kappa shape index (κ3) is 4.09. The highest BCUT2D eigenvalue weighted by atomic mass is 79.9. The number of anilines is 1. The molecule has 0 aliphatic heterocycles. The Bertz CT molecular complexity index is 800. The summed E-state index contributed by atoms with van der Waals surface area (Å²) < 4.78 is 7.18. The third-order valence-electron chi connectivity index (χ3n) is 2.93. The van der Waals surface area contributed by atoms with Crippen molar-refractivity contribution in [1.82, 2.24) is 4.98 Å². The molecule has 3 rings (SSSR count). The van der Waals surface area contributed by atoms with Gasteiger partial charge in [0, 0.05) is 10.0 Å². The summed E-state index contributed by atoms with van der Waals surface area (Å²) in [5.74, 6) is 0.522. The van der Waals surface area contributed by atoms with E-state index in [1.54, 1.807) is 19.2 Å². The van der Waals surface area contributed by atoms with E-state index in [2.05, 4.69) is 26.2 Å². The van der Waals surface area contributed by atoms with E-state index in [0.717, 1.165) is 14.7 Å². The second-order valence-corrected chi connectivity index (χ2v) is 6.23. The van der Waals surface area contributed by atoms with Gasteiger partial charge in [-0.05, 0) is 36.4 Å². The van der Waals surface area contributed by atoms with Gasteiger partial charge in [0.25, 0.3) is 5.91 Å². The fourth-order valence-electron chi connectivity index (χ4n) is 1.91. The van der Waals surface area contributed by atoms with Gasteiger partial charge in [0.05, 0.1) is 11.8 Å². The number of benzene rings is 2. The molecular formula is C17H17BrN2O2S. The van der Waals surface area contributed by atoms with Gasteiger partial charge in [-0.1, -0.05) is 47.2 Å². The van der Waals surface area contributed by atoms with Crippen LogP contribution >= 0.6 is 27.3 Å². The molecule has 0 saturated heterocycles. The molecule has 1 heterocycles. The number of halogens is 1. The molecule has 1 aromatic heterocycles. The van der Waals surface area contributed by atoms with Crippen LogP contribution in [0.3, 0.4) is 0 Å². The summed E-state index contributed by atoms with van der Waals surface area (Å²) in [6.45, 7) is 4.00. The zero-order valence-corrected chi connectivity index (χ0v) is 15.5. The van der Waals surface area contributed by atoms with Crippen LogP contribution in [-0.2, 0) is 0 Å². The van der Waals surface area contributed by atoms with E-state index in [4.69, 9.17) is 4.74 Å². The molecule has 6 heteroatoms. The molecule has 1 amide bonds. The van der Waals surface area contributed by atoms with Crippen LogP contribution in [0.5, 0.6) is 5.75 Å². The Balaban J connectivity index is 0.000000924. The molecule has 2 aromatic carbocycles. The molecule has 0 bridgehead atoms. The molecular weight excluding hydrogens is 376 g/mol. The zero-order chi connectivity index (χ0) is 16.8. The first-order valence-corrected chi connectivity index (χ1v) is 8.79. The topological polar surface area (TPSA) is 51.2 Å². The Morgan fingerprint density at radius 2 is 1.87 bits per heavy atom. The monoisotopic (exact) mass is 392 g/mol. The number of ether oxygens (including phenoxy) is 1. The normalized spacial score (nSPS) is 9.91. The molecule has 0 aliphatic rings. The highest BCUT2D eigenvalue weighted by Gasteiger charge is 2.12. The average molecular weight is 393 g/mol. The minimum Gasteiger partial charge on any atom is -0.494 e. The van der Waals surface area contributed by atoms with Gasteiger partial charge >= 0.3 is 0 Å². The average Bonchev–Trinajstić information content (AvgIpc) is 2.99. The van der Waals surface area contributed by atoms with Crippen LogP contribution in [0.2, 0.25) is 0 Å². The number of carbonyl (C=O) groups is 1. The molecule has 0 spiro atoms. The lowest BCUT2D eigenvalue weighted by molar-refractivity contribution is 0.102. The smallest absolute Gasteiger partial charge is 0.257 e. The second-order valence-electron chi connectivity index (χ2n) is 4.29. The molecule has 0 atom stereocenters. The molecule has 3 aromatic rings. The Kier molecular flexibility index (Phi) is 6.12. The largest absolute Gasteiger partial charge is 0.494 e. The van der Waals surface area contributed by atoms with Crippen molar-refractivity contribution in [3.63, 3.8) is 0 Å². The van der Waals surface area contributed by atoms with Crippen molar-refractivity contribution in [2.24, 2.45) is 0 Å². The van der Waals surface area contributed by atoms with Crippen LogP contribution in [-0.4, -0.2) is 18.0 Å². The van der Waals surface area contributed by atoms with E-state index in [1.807, 2.05) is 44.2 Å². The highest BCUT2D eigenvalue weighted by Crippen LogP contribution is 2.32. The van der Waals surface area contributed by atoms with Crippen LogP contribution < -0.4 is 10.1 Å². The van der Waals surface area contributed by atoms with Gasteiger partial charge in [-0.25, -0.2) is 4.98 Å². The summed E-state index contributed by atoms with van der Waals surface area (Å²) in [6.07, 6.45) is 0. The van der Waals surface area contributed by atoms with Crippen molar-refractivity contribution in [3.8, 4) is 5.75 Å².